The summed E-state index contributed by atoms with van der Waals surface area (Å²) in [6.07, 6.45) is 3.63. The van der Waals surface area contributed by atoms with Crippen molar-refractivity contribution in [3.8, 4) is 0 Å². The largest absolute Gasteiger partial charge is 0.394 e. The van der Waals surface area contributed by atoms with Crippen LogP contribution >= 0.6 is 27.5 Å². The highest BCUT2D eigenvalue weighted by atomic mass is 79.9. The van der Waals surface area contributed by atoms with Crippen molar-refractivity contribution in [2.75, 3.05) is 11.9 Å². The summed E-state index contributed by atoms with van der Waals surface area (Å²) >= 11 is 9.17. The van der Waals surface area contributed by atoms with Crippen molar-refractivity contribution in [3.63, 3.8) is 0 Å². The number of carbonyl (C=O) groups is 1. The van der Waals surface area contributed by atoms with Crippen molar-refractivity contribution in [2.24, 2.45) is 0 Å². The van der Waals surface area contributed by atoms with Gasteiger partial charge in [0.15, 0.2) is 0 Å². The van der Waals surface area contributed by atoms with Crippen LogP contribution in [0.5, 0.6) is 0 Å². The summed E-state index contributed by atoms with van der Waals surface area (Å²) in [6, 6.07) is -0.693. The van der Waals surface area contributed by atoms with Crippen LogP contribution in [-0.4, -0.2) is 28.8 Å². The van der Waals surface area contributed by atoms with Crippen molar-refractivity contribution < 1.29 is 9.90 Å². The molecule has 2 amide bonds. The Morgan fingerprint density at radius 2 is 2.35 bits per heavy atom. The van der Waals surface area contributed by atoms with Gasteiger partial charge < -0.3 is 15.7 Å². The highest BCUT2D eigenvalue weighted by Crippen LogP contribution is 2.28. The van der Waals surface area contributed by atoms with Gasteiger partial charge in [-0.3, -0.25) is 4.98 Å². The molecule has 1 heterocycles. The van der Waals surface area contributed by atoms with E-state index in [4.69, 9.17) is 16.7 Å². The molecule has 17 heavy (non-hydrogen) atoms. The van der Waals surface area contributed by atoms with Gasteiger partial charge in [-0.05, 0) is 22.4 Å². The van der Waals surface area contributed by atoms with E-state index in [0.717, 1.165) is 0 Å². The van der Waals surface area contributed by atoms with Gasteiger partial charge in [-0.2, -0.15) is 0 Å². The number of aliphatic hydroxyl groups is 1. The molecule has 1 aromatic rings. The second-order valence-corrected chi connectivity index (χ2v) is 4.60. The zero-order valence-corrected chi connectivity index (χ0v) is 11.5. The number of nitrogens with zero attached hydrogens (tertiary/aromatic N) is 1. The second-order valence-electron chi connectivity index (χ2n) is 3.37. The lowest BCUT2D eigenvalue weighted by Gasteiger charge is -2.15. The summed E-state index contributed by atoms with van der Waals surface area (Å²) in [4.78, 5) is 15.5. The fraction of sp³-hybridized carbons (Fsp3) is 0.400. The van der Waals surface area contributed by atoms with Crippen molar-refractivity contribution in [2.45, 2.75) is 19.4 Å². The zero-order chi connectivity index (χ0) is 12.8. The van der Waals surface area contributed by atoms with Gasteiger partial charge in [0.1, 0.15) is 0 Å². The van der Waals surface area contributed by atoms with E-state index in [0.29, 0.717) is 21.6 Å². The first-order valence-electron chi connectivity index (χ1n) is 5.05. The number of hydrogen-bond donors (Lipinski definition) is 3. The molecule has 0 aromatic carbocycles. The van der Waals surface area contributed by atoms with E-state index < -0.39 is 6.03 Å². The Balaban J connectivity index is 2.65. The Morgan fingerprint density at radius 1 is 1.65 bits per heavy atom. The first-order valence-corrected chi connectivity index (χ1v) is 6.23. The van der Waals surface area contributed by atoms with Crippen molar-refractivity contribution in [3.05, 3.63) is 21.9 Å². The Kier molecular flexibility index (Phi) is 5.67. The fourth-order valence-corrected chi connectivity index (χ4v) is 1.60. The molecule has 5 nitrogen and oxygen atoms in total. The molecule has 1 unspecified atom stereocenters. The van der Waals surface area contributed by atoms with Gasteiger partial charge in [0, 0.05) is 6.20 Å². The van der Waals surface area contributed by atoms with E-state index in [1.165, 1.54) is 12.4 Å². The number of aromatic nitrogens is 1. The number of amides is 2. The van der Waals surface area contributed by atoms with Crippen LogP contribution in [0.25, 0.3) is 0 Å². The molecule has 0 radical (unpaired) electrons. The topological polar surface area (TPSA) is 74.2 Å². The summed E-state index contributed by atoms with van der Waals surface area (Å²) in [5.74, 6) is 0. The number of pyridine rings is 1. The number of nitrogens with one attached hydrogen (secondary N) is 2. The number of anilines is 1. The number of urea groups is 1. The van der Waals surface area contributed by atoms with E-state index in [2.05, 4.69) is 31.5 Å². The predicted molar refractivity (Wildman–Crippen MR) is 70.3 cm³/mol. The van der Waals surface area contributed by atoms with E-state index in [-0.39, 0.29) is 12.6 Å². The van der Waals surface area contributed by atoms with Gasteiger partial charge in [-0.25, -0.2) is 4.79 Å². The lowest BCUT2D eigenvalue weighted by atomic mass is 10.2. The first-order chi connectivity index (χ1) is 8.08. The summed E-state index contributed by atoms with van der Waals surface area (Å²) in [7, 11) is 0. The van der Waals surface area contributed by atoms with Gasteiger partial charge in [0.2, 0.25) is 0 Å². The van der Waals surface area contributed by atoms with Crippen LogP contribution in [0.4, 0.5) is 10.5 Å². The lowest BCUT2D eigenvalue weighted by molar-refractivity contribution is 0.222. The zero-order valence-electron chi connectivity index (χ0n) is 9.20. The number of aliphatic hydroxyl groups excluding tert-OH is 1. The van der Waals surface area contributed by atoms with E-state index in [1.807, 2.05) is 6.92 Å². The molecule has 0 saturated heterocycles. The van der Waals surface area contributed by atoms with Gasteiger partial charge in [-0.15, -0.1) is 0 Å². The molecular weight excluding hydrogens is 309 g/mol. The molecule has 0 spiro atoms. The molecule has 0 bridgehead atoms. The third-order valence-electron chi connectivity index (χ3n) is 2.13. The molecular formula is C10H13BrClN3O2. The molecule has 1 aromatic heterocycles. The highest BCUT2D eigenvalue weighted by Gasteiger charge is 2.11. The smallest absolute Gasteiger partial charge is 0.319 e. The molecule has 0 fully saturated rings. The molecule has 94 valence electrons. The molecule has 1 atom stereocenters. The Morgan fingerprint density at radius 3 is 2.94 bits per heavy atom. The summed E-state index contributed by atoms with van der Waals surface area (Å²) in [5.41, 5.74) is 0.409. The molecule has 0 aliphatic carbocycles. The second kappa shape index (κ2) is 6.78. The van der Waals surface area contributed by atoms with Gasteiger partial charge in [-0.1, -0.05) is 18.5 Å². The van der Waals surface area contributed by atoms with Crippen LogP contribution in [-0.2, 0) is 0 Å². The van der Waals surface area contributed by atoms with Crippen LogP contribution in [0.1, 0.15) is 13.3 Å². The van der Waals surface area contributed by atoms with Crippen molar-refractivity contribution in [1.82, 2.24) is 10.3 Å². The third kappa shape index (κ3) is 4.14. The minimum atomic E-state index is -0.423. The molecule has 3 N–H and O–H groups in total. The summed E-state index contributed by atoms with van der Waals surface area (Å²) in [6.45, 7) is 1.77. The minimum absolute atomic E-state index is 0.103. The first kappa shape index (κ1) is 14.2. The molecule has 1 rings (SSSR count). The van der Waals surface area contributed by atoms with E-state index in [9.17, 15) is 4.79 Å². The molecule has 0 saturated carbocycles. The Hall–Kier alpha value is -0.850. The third-order valence-corrected chi connectivity index (χ3v) is 3.37. The molecule has 0 aliphatic rings. The normalized spacial score (nSPS) is 12.0. The van der Waals surface area contributed by atoms with Crippen LogP contribution in [0.15, 0.2) is 16.9 Å². The predicted octanol–water partition coefficient (Wildman–Crippen LogP) is 2.39. The maximum atomic E-state index is 11.6. The van der Waals surface area contributed by atoms with Gasteiger partial charge in [0.05, 0.1) is 34.0 Å². The Bertz CT molecular complexity index is 399. The van der Waals surface area contributed by atoms with E-state index >= 15 is 0 Å². The van der Waals surface area contributed by atoms with Crippen molar-refractivity contribution >= 4 is 39.2 Å². The average molecular weight is 323 g/mol. The quantitative estimate of drug-likeness (QED) is 0.797. The maximum absolute atomic E-state index is 11.6. The maximum Gasteiger partial charge on any atom is 0.319 e. The van der Waals surface area contributed by atoms with Gasteiger partial charge >= 0.3 is 6.03 Å². The number of halogens is 2. The monoisotopic (exact) mass is 321 g/mol. The van der Waals surface area contributed by atoms with Crippen LogP contribution in [0, 0.1) is 0 Å². The molecule has 0 aliphatic heterocycles. The SMILES string of the molecule is CCC(CO)NC(=O)Nc1cncc(Br)c1Cl. The number of rotatable bonds is 4. The highest BCUT2D eigenvalue weighted by molar-refractivity contribution is 9.10. The fourth-order valence-electron chi connectivity index (χ4n) is 1.13. The summed E-state index contributed by atoms with van der Waals surface area (Å²) in [5, 5.41) is 14.5. The summed E-state index contributed by atoms with van der Waals surface area (Å²) < 4.78 is 0.603. The minimum Gasteiger partial charge on any atom is -0.394 e. The van der Waals surface area contributed by atoms with Crippen molar-refractivity contribution in [1.29, 1.82) is 0 Å². The van der Waals surface area contributed by atoms with Gasteiger partial charge in [0.25, 0.3) is 0 Å². The number of carbonyl (C=O) groups excluding carboxylic acids is 1. The van der Waals surface area contributed by atoms with Crippen LogP contribution in [0.2, 0.25) is 5.02 Å². The lowest BCUT2D eigenvalue weighted by Crippen LogP contribution is -2.39. The van der Waals surface area contributed by atoms with E-state index in [1.54, 1.807) is 0 Å². The number of hydrogen-bond acceptors (Lipinski definition) is 3. The molecule has 7 heteroatoms. The van der Waals surface area contributed by atoms with Crippen LogP contribution < -0.4 is 10.6 Å². The Labute approximate surface area is 113 Å². The van der Waals surface area contributed by atoms with Crippen LogP contribution in [0.3, 0.4) is 0 Å². The average Bonchev–Trinajstić information content (AvgIpc) is 2.32. The standard InChI is InChI=1S/C10H13BrClN3O2/c1-2-6(5-16)14-10(17)15-8-4-13-3-7(11)9(8)12/h3-4,6,16H,2,5H2,1H3,(H2,14,15,17).